The van der Waals surface area contributed by atoms with Gasteiger partial charge in [-0.1, -0.05) is 17.7 Å². The molecule has 0 amide bonds. The molecule has 4 nitrogen and oxygen atoms in total. The third-order valence-corrected chi connectivity index (χ3v) is 3.04. The van der Waals surface area contributed by atoms with E-state index < -0.39 is 0 Å². The van der Waals surface area contributed by atoms with E-state index in [-0.39, 0.29) is 0 Å². The van der Waals surface area contributed by atoms with Crippen LogP contribution in [0.25, 0.3) is 0 Å². The summed E-state index contributed by atoms with van der Waals surface area (Å²) in [5, 5.41) is 3.18. The SMILES string of the molecule is CCNc1cncc(N(C)c2ccc(C)cc2C)n1. The van der Waals surface area contributed by atoms with E-state index in [0.29, 0.717) is 0 Å². The minimum atomic E-state index is 0.802. The van der Waals surface area contributed by atoms with Crippen molar-refractivity contribution in [2.75, 3.05) is 23.8 Å². The number of hydrogen-bond donors (Lipinski definition) is 1. The monoisotopic (exact) mass is 256 g/mol. The molecule has 0 spiro atoms. The van der Waals surface area contributed by atoms with Gasteiger partial charge in [-0.2, -0.15) is 0 Å². The van der Waals surface area contributed by atoms with Gasteiger partial charge in [-0.05, 0) is 32.4 Å². The van der Waals surface area contributed by atoms with E-state index in [9.17, 15) is 0 Å². The van der Waals surface area contributed by atoms with Gasteiger partial charge >= 0.3 is 0 Å². The Balaban J connectivity index is 2.32. The molecular formula is C15H20N4. The summed E-state index contributed by atoms with van der Waals surface area (Å²) in [6.07, 6.45) is 3.52. The van der Waals surface area contributed by atoms with Crippen molar-refractivity contribution in [1.29, 1.82) is 0 Å². The van der Waals surface area contributed by atoms with Gasteiger partial charge in [-0.15, -0.1) is 0 Å². The lowest BCUT2D eigenvalue weighted by atomic mass is 10.1. The summed E-state index contributed by atoms with van der Waals surface area (Å²) in [7, 11) is 2.01. The number of nitrogens with zero attached hydrogens (tertiary/aromatic N) is 3. The molecule has 2 rings (SSSR count). The first-order chi connectivity index (χ1) is 9.11. The van der Waals surface area contributed by atoms with E-state index in [4.69, 9.17) is 0 Å². The second-order valence-electron chi connectivity index (χ2n) is 4.64. The highest BCUT2D eigenvalue weighted by Crippen LogP contribution is 2.26. The molecule has 0 aliphatic heterocycles. The molecule has 0 bridgehead atoms. The quantitative estimate of drug-likeness (QED) is 0.911. The van der Waals surface area contributed by atoms with Gasteiger partial charge < -0.3 is 10.2 Å². The minimum absolute atomic E-state index is 0.802. The molecule has 2 aromatic rings. The lowest BCUT2D eigenvalue weighted by Gasteiger charge is -2.21. The number of aromatic nitrogens is 2. The van der Waals surface area contributed by atoms with Crippen LogP contribution in [0.4, 0.5) is 17.3 Å². The van der Waals surface area contributed by atoms with Crippen LogP contribution in [0.2, 0.25) is 0 Å². The first-order valence-electron chi connectivity index (χ1n) is 6.48. The number of anilines is 3. The summed E-state index contributed by atoms with van der Waals surface area (Å²) >= 11 is 0. The maximum absolute atomic E-state index is 4.55. The number of hydrogen-bond acceptors (Lipinski definition) is 4. The molecule has 1 aromatic heterocycles. The molecule has 0 atom stereocenters. The van der Waals surface area contributed by atoms with Gasteiger partial charge in [0.1, 0.15) is 5.82 Å². The van der Waals surface area contributed by atoms with Crippen molar-refractivity contribution in [3.8, 4) is 0 Å². The highest BCUT2D eigenvalue weighted by molar-refractivity contribution is 5.63. The largest absolute Gasteiger partial charge is 0.369 e. The maximum Gasteiger partial charge on any atom is 0.153 e. The second-order valence-corrected chi connectivity index (χ2v) is 4.64. The molecule has 0 radical (unpaired) electrons. The van der Waals surface area contributed by atoms with Gasteiger partial charge in [0, 0.05) is 19.3 Å². The molecule has 100 valence electrons. The molecule has 0 fully saturated rings. The predicted molar refractivity (Wildman–Crippen MR) is 80.2 cm³/mol. The van der Waals surface area contributed by atoms with Crippen molar-refractivity contribution in [2.24, 2.45) is 0 Å². The van der Waals surface area contributed by atoms with Gasteiger partial charge in [0.25, 0.3) is 0 Å². The van der Waals surface area contributed by atoms with Crippen molar-refractivity contribution in [2.45, 2.75) is 20.8 Å². The zero-order chi connectivity index (χ0) is 13.8. The topological polar surface area (TPSA) is 41.1 Å². The summed E-state index contributed by atoms with van der Waals surface area (Å²) in [5.41, 5.74) is 3.65. The molecule has 4 heteroatoms. The minimum Gasteiger partial charge on any atom is -0.369 e. The van der Waals surface area contributed by atoms with Crippen LogP contribution in [0, 0.1) is 13.8 Å². The molecule has 19 heavy (non-hydrogen) atoms. The van der Waals surface area contributed by atoms with E-state index >= 15 is 0 Å². The highest BCUT2D eigenvalue weighted by Gasteiger charge is 2.09. The Bertz CT molecular complexity index is 566. The normalized spacial score (nSPS) is 10.3. The van der Waals surface area contributed by atoms with Crippen LogP contribution in [0.5, 0.6) is 0 Å². The van der Waals surface area contributed by atoms with Crippen molar-refractivity contribution in [3.05, 3.63) is 41.7 Å². The van der Waals surface area contributed by atoms with Crippen molar-refractivity contribution >= 4 is 17.3 Å². The molecule has 0 unspecified atom stereocenters. The van der Waals surface area contributed by atoms with Crippen LogP contribution in [-0.4, -0.2) is 23.6 Å². The van der Waals surface area contributed by atoms with Crippen LogP contribution < -0.4 is 10.2 Å². The van der Waals surface area contributed by atoms with Gasteiger partial charge in [0.15, 0.2) is 5.82 Å². The van der Waals surface area contributed by atoms with Crippen LogP contribution in [-0.2, 0) is 0 Å². The lowest BCUT2D eigenvalue weighted by molar-refractivity contribution is 1.06. The van der Waals surface area contributed by atoms with Crippen LogP contribution in [0.1, 0.15) is 18.1 Å². The van der Waals surface area contributed by atoms with E-state index in [1.54, 1.807) is 12.4 Å². The van der Waals surface area contributed by atoms with Gasteiger partial charge in [0.2, 0.25) is 0 Å². The third-order valence-electron chi connectivity index (χ3n) is 3.04. The molecule has 0 aliphatic carbocycles. The van der Waals surface area contributed by atoms with E-state index in [1.165, 1.54) is 11.1 Å². The van der Waals surface area contributed by atoms with Crippen molar-refractivity contribution in [1.82, 2.24) is 9.97 Å². The molecule has 0 saturated heterocycles. The van der Waals surface area contributed by atoms with Gasteiger partial charge in [0.05, 0.1) is 12.4 Å². The molecular weight excluding hydrogens is 236 g/mol. The first kappa shape index (κ1) is 13.3. The third kappa shape index (κ3) is 3.02. The molecule has 0 aliphatic rings. The van der Waals surface area contributed by atoms with Gasteiger partial charge in [-0.25, -0.2) is 4.98 Å². The zero-order valence-corrected chi connectivity index (χ0v) is 11.9. The molecule has 1 heterocycles. The summed E-state index contributed by atoms with van der Waals surface area (Å²) in [6, 6.07) is 6.40. The standard InChI is InChI=1S/C15H20N4/c1-5-17-14-9-16-10-15(18-14)19(4)13-7-6-11(2)8-12(13)3/h6-10H,5H2,1-4H3,(H,17,18). The summed E-state index contributed by atoms with van der Waals surface area (Å²) in [4.78, 5) is 10.8. The second kappa shape index (κ2) is 5.69. The van der Waals surface area contributed by atoms with E-state index in [2.05, 4.69) is 52.2 Å². The average molecular weight is 256 g/mol. The maximum atomic E-state index is 4.55. The Morgan fingerprint density at radius 2 is 2.00 bits per heavy atom. The number of benzene rings is 1. The van der Waals surface area contributed by atoms with Gasteiger partial charge in [-0.3, -0.25) is 4.98 Å². The fourth-order valence-electron chi connectivity index (χ4n) is 2.09. The predicted octanol–water partition coefficient (Wildman–Crippen LogP) is 3.29. The number of nitrogens with one attached hydrogen (secondary N) is 1. The summed E-state index contributed by atoms with van der Waals surface area (Å²) in [5.74, 6) is 1.64. The smallest absolute Gasteiger partial charge is 0.153 e. The lowest BCUT2D eigenvalue weighted by Crippen LogP contribution is -2.14. The Kier molecular flexibility index (Phi) is 4.00. The Morgan fingerprint density at radius 3 is 2.68 bits per heavy atom. The Morgan fingerprint density at radius 1 is 1.21 bits per heavy atom. The fraction of sp³-hybridized carbons (Fsp3) is 0.333. The number of rotatable bonds is 4. The number of aryl methyl sites for hydroxylation is 2. The van der Waals surface area contributed by atoms with Crippen molar-refractivity contribution < 1.29 is 0 Å². The molecule has 1 aromatic carbocycles. The summed E-state index contributed by atoms with van der Waals surface area (Å²) in [6.45, 7) is 7.09. The Hall–Kier alpha value is -2.10. The first-order valence-corrected chi connectivity index (χ1v) is 6.48. The van der Waals surface area contributed by atoms with Crippen LogP contribution in [0.3, 0.4) is 0 Å². The zero-order valence-electron chi connectivity index (χ0n) is 11.9. The Labute approximate surface area is 114 Å². The highest BCUT2D eigenvalue weighted by atomic mass is 15.2. The fourth-order valence-corrected chi connectivity index (χ4v) is 2.09. The molecule has 0 saturated carbocycles. The summed E-state index contributed by atoms with van der Waals surface area (Å²) < 4.78 is 0. The average Bonchev–Trinajstić information content (AvgIpc) is 2.39. The van der Waals surface area contributed by atoms with E-state index in [0.717, 1.165) is 23.9 Å². The van der Waals surface area contributed by atoms with Crippen LogP contribution in [0.15, 0.2) is 30.6 Å². The van der Waals surface area contributed by atoms with E-state index in [1.807, 2.05) is 14.0 Å². The molecule has 1 N–H and O–H groups in total. The van der Waals surface area contributed by atoms with Crippen molar-refractivity contribution in [3.63, 3.8) is 0 Å². The van der Waals surface area contributed by atoms with Crippen LogP contribution >= 0.6 is 0 Å².